The molecular formula is C15H25BO3. The molecule has 0 bridgehead atoms. The van der Waals surface area contributed by atoms with E-state index in [0.717, 1.165) is 49.7 Å². The first-order valence-corrected chi connectivity index (χ1v) is 7.29. The van der Waals surface area contributed by atoms with Crippen LogP contribution in [0.5, 0.6) is 5.75 Å². The SMILES string of the molecule is CCCc1cc(CCC)c(OB(O)O)c(CCC)c1. The summed E-state index contributed by atoms with van der Waals surface area (Å²) in [6.45, 7) is 6.40. The second-order valence-electron chi connectivity index (χ2n) is 4.94. The number of benzene rings is 1. The average molecular weight is 264 g/mol. The van der Waals surface area contributed by atoms with E-state index in [1.165, 1.54) is 5.56 Å². The largest absolute Gasteiger partial charge is 0.707 e. The Balaban J connectivity index is 3.19. The lowest BCUT2D eigenvalue weighted by molar-refractivity contribution is 0.285. The zero-order valence-corrected chi connectivity index (χ0v) is 12.3. The summed E-state index contributed by atoms with van der Waals surface area (Å²) in [5.41, 5.74) is 3.49. The molecule has 1 rings (SSSR count). The minimum Gasteiger partial charge on any atom is -0.512 e. The van der Waals surface area contributed by atoms with Crippen LogP contribution in [0.15, 0.2) is 12.1 Å². The van der Waals surface area contributed by atoms with Crippen LogP contribution in [0.2, 0.25) is 0 Å². The van der Waals surface area contributed by atoms with Crippen LogP contribution in [-0.2, 0) is 19.3 Å². The van der Waals surface area contributed by atoms with E-state index in [1.807, 2.05) is 0 Å². The Morgan fingerprint density at radius 1 is 0.895 bits per heavy atom. The lowest BCUT2D eigenvalue weighted by Gasteiger charge is -2.17. The first-order valence-electron chi connectivity index (χ1n) is 7.29. The van der Waals surface area contributed by atoms with E-state index >= 15 is 0 Å². The highest BCUT2D eigenvalue weighted by molar-refractivity contribution is 6.33. The van der Waals surface area contributed by atoms with Crippen molar-refractivity contribution in [3.05, 3.63) is 28.8 Å². The number of hydrogen-bond donors (Lipinski definition) is 2. The summed E-state index contributed by atoms with van der Waals surface area (Å²) in [5, 5.41) is 18.2. The highest BCUT2D eigenvalue weighted by Gasteiger charge is 2.18. The smallest absolute Gasteiger partial charge is 0.512 e. The van der Waals surface area contributed by atoms with Crippen LogP contribution < -0.4 is 4.65 Å². The molecule has 1 aromatic carbocycles. The van der Waals surface area contributed by atoms with Gasteiger partial charge in [0.2, 0.25) is 0 Å². The summed E-state index contributed by atoms with van der Waals surface area (Å²) in [6.07, 6.45) is 5.99. The van der Waals surface area contributed by atoms with Crippen molar-refractivity contribution >= 4 is 7.32 Å². The van der Waals surface area contributed by atoms with Crippen molar-refractivity contribution in [2.75, 3.05) is 0 Å². The Hall–Kier alpha value is -0.995. The minimum absolute atomic E-state index is 0.665. The van der Waals surface area contributed by atoms with Crippen molar-refractivity contribution in [1.82, 2.24) is 0 Å². The van der Waals surface area contributed by atoms with Gasteiger partial charge >= 0.3 is 7.32 Å². The van der Waals surface area contributed by atoms with Gasteiger partial charge in [-0.25, -0.2) is 0 Å². The van der Waals surface area contributed by atoms with Gasteiger partial charge < -0.3 is 14.7 Å². The maximum atomic E-state index is 9.10. The fourth-order valence-electron chi connectivity index (χ4n) is 2.43. The molecule has 2 N–H and O–H groups in total. The quantitative estimate of drug-likeness (QED) is 0.710. The van der Waals surface area contributed by atoms with Crippen LogP contribution in [0.25, 0.3) is 0 Å². The molecular weight excluding hydrogens is 239 g/mol. The van der Waals surface area contributed by atoms with Gasteiger partial charge in [-0.2, -0.15) is 0 Å². The van der Waals surface area contributed by atoms with E-state index < -0.39 is 7.32 Å². The summed E-state index contributed by atoms with van der Waals surface area (Å²) in [5.74, 6) is 0.665. The Morgan fingerprint density at radius 2 is 1.37 bits per heavy atom. The number of rotatable bonds is 8. The first kappa shape index (κ1) is 16.1. The van der Waals surface area contributed by atoms with E-state index in [0.29, 0.717) is 5.75 Å². The average Bonchev–Trinajstić information content (AvgIpc) is 2.34. The molecule has 0 radical (unpaired) electrons. The van der Waals surface area contributed by atoms with Crippen molar-refractivity contribution in [3.8, 4) is 5.75 Å². The topological polar surface area (TPSA) is 49.7 Å². The predicted molar refractivity (Wildman–Crippen MR) is 79.2 cm³/mol. The molecule has 0 aromatic heterocycles. The van der Waals surface area contributed by atoms with Crippen LogP contribution >= 0.6 is 0 Å². The molecule has 3 nitrogen and oxygen atoms in total. The van der Waals surface area contributed by atoms with Gasteiger partial charge in [-0.3, -0.25) is 0 Å². The van der Waals surface area contributed by atoms with Gasteiger partial charge in [0.25, 0.3) is 0 Å². The highest BCUT2D eigenvalue weighted by Crippen LogP contribution is 2.29. The molecule has 0 saturated heterocycles. The van der Waals surface area contributed by atoms with Crippen molar-refractivity contribution in [3.63, 3.8) is 0 Å². The van der Waals surface area contributed by atoms with E-state index in [9.17, 15) is 0 Å². The molecule has 19 heavy (non-hydrogen) atoms. The molecule has 0 aliphatic rings. The van der Waals surface area contributed by atoms with Gasteiger partial charge in [0, 0.05) is 0 Å². The normalized spacial score (nSPS) is 10.6. The van der Waals surface area contributed by atoms with Crippen LogP contribution in [0.1, 0.15) is 56.7 Å². The Morgan fingerprint density at radius 3 is 1.74 bits per heavy atom. The van der Waals surface area contributed by atoms with Crippen molar-refractivity contribution < 1.29 is 14.7 Å². The van der Waals surface area contributed by atoms with Gasteiger partial charge in [-0.15, -0.1) is 0 Å². The lowest BCUT2D eigenvalue weighted by atomic mass is 9.95. The van der Waals surface area contributed by atoms with E-state index in [4.69, 9.17) is 14.7 Å². The van der Waals surface area contributed by atoms with E-state index in [1.54, 1.807) is 0 Å². The Kier molecular flexibility index (Phi) is 6.96. The zero-order chi connectivity index (χ0) is 14.3. The van der Waals surface area contributed by atoms with Crippen LogP contribution in [-0.4, -0.2) is 17.4 Å². The van der Waals surface area contributed by atoms with Crippen molar-refractivity contribution in [1.29, 1.82) is 0 Å². The summed E-state index contributed by atoms with van der Waals surface area (Å²) in [7, 11) is -1.75. The fourth-order valence-corrected chi connectivity index (χ4v) is 2.43. The third-order valence-corrected chi connectivity index (χ3v) is 3.10. The summed E-state index contributed by atoms with van der Waals surface area (Å²) in [4.78, 5) is 0. The molecule has 0 saturated carbocycles. The highest BCUT2D eigenvalue weighted by atomic mass is 16.6. The third-order valence-electron chi connectivity index (χ3n) is 3.10. The van der Waals surface area contributed by atoms with Gasteiger partial charge in [-0.1, -0.05) is 52.2 Å². The summed E-state index contributed by atoms with van der Waals surface area (Å²) >= 11 is 0. The predicted octanol–water partition coefficient (Wildman–Crippen LogP) is 2.89. The molecule has 0 fully saturated rings. The second-order valence-corrected chi connectivity index (χ2v) is 4.94. The molecule has 4 heteroatoms. The van der Waals surface area contributed by atoms with E-state index in [-0.39, 0.29) is 0 Å². The van der Waals surface area contributed by atoms with E-state index in [2.05, 4.69) is 32.9 Å². The monoisotopic (exact) mass is 264 g/mol. The fraction of sp³-hybridized carbons (Fsp3) is 0.600. The maximum absolute atomic E-state index is 9.10. The molecule has 0 aliphatic carbocycles. The summed E-state index contributed by atoms with van der Waals surface area (Å²) in [6, 6.07) is 4.29. The second kappa shape index (κ2) is 8.23. The molecule has 0 unspecified atom stereocenters. The van der Waals surface area contributed by atoms with Crippen LogP contribution in [0, 0.1) is 0 Å². The van der Waals surface area contributed by atoms with Gasteiger partial charge in [0.15, 0.2) is 0 Å². The molecule has 0 amide bonds. The Labute approximate surface area is 116 Å². The number of hydrogen-bond acceptors (Lipinski definition) is 3. The molecule has 1 aromatic rings. The van der Waals surface area contributed by atoms with Crippen molar-refractivity contribution in [2.24, 2.45) is 0 Å². The van der Waals surface area contributed by atoms with Crippen molar-refractivity contribution in [2.45, 2.75) is 59.3 Å². The number of aryl methyl sites for hydroxylation is 3. The summed E-state index contributed by atoms with van der Waals surface area (Å²) < 4.78 is 5.23. The van der Waals surface area contributed by atoms with Crippen LogP contribution in [0.4, 0.5) is 0 Å². The van der Waals surface area contributed by atoms with Crippen LogP contribution in [0.3, 0.4) is 0 Å². The van der Waals surface area contributed by atoms with Gasteiger partial charge in [0.05, 0.1) is 0 Å². The maximum Gasteiger partial charge on any atom is 0.707 e. The van der Waals surface area contributed by atoms with Gasteiger partial charge in [0.1, 0.15) is 5.75 Å². The standard InChI is InChI=1S/C15H25BO3/c1-4-7-12-10-13(8-5-2)15(19-16(17)18)14(11-12)9-6-3/h10-11,17-18H,4-9H2,1-3H3. The Bertz CT molecular complexity index is 364. The minimum atomic E-state index is -1.75. The molecule has 106 valence electrons. The lowest BCUT2D eigenvalue weighted by Crippen LogP contribution is -2.22. The first-order chi connectivity index (χ1) is 9.12. The molecule has 0 spiro atoms. The molecule has 0 heterocycles. The van der Waals surface area contributed by atoms with Gasteiger partial charge in [-0.05, 0) is 36.0 Å². The zero-order valence-electron chi connectivity index (χ0n) is 12.3. The third kappa shape index (κ3) is 4.88. The molecule has 0 atom stereocenters. The molecule has 0 aliphatic heterocycles.